The maximum atomic E-state index is 12.7. The maximum Gasteiger partial charge on any atom is 0.433 e. The van der Waals surface area contributed by atoms with E-state index in [0.29, 0.717) is 0 Å². The van der Waals surface area contributed by atoms with Crippen LogP contribution in [0.5, 0.6) is 0 Å². The van der Waals surface area contributed by atoms with Gasteiger partial charge in [0.1, 0.15) is 17.6 Å². The van der Waals surface area contributed by atoms with E-state index < -0.39 is 11.9 Å². The molecule has 0 amide bonds. The molecule has 0 radical (unpaired) electrons. The third-order valence-corrected chi connectivity index (χ3v) is 3.30. The first-order valence-electron chi connectivity index (χ1n) is 7.49. The SMILES string of the molecule is CCCNc1ccc(CNc2nc(C(F)(F)F)ccc2C#N)cc1. The smallest absolute Gasteiger partial charge is 0.385 e. The number of benzene rings is 1. The predicted molar refractivity (Wildman–Crippen MR) is 86.5 cm³/mol. The van der Waals surface area contributed by atoms with Crippen molar-refractivity contribution in [1.29, 1.82) is 5.26 Å². The number of anilines is 2. The fourth-order valence-corrected chi connectivity index (χ4v) is 2.04. The van der Waals surface area contributed by atoms with Gasteiger partial charge in [0.25, 0.3) is 0 Å². The van der Waals surface area contributed by atoms with Gasteiger partial charge in [-0.1, -0.05) is 19.1 Å². The van der Waals surface area contributed by atoms with Gasteiger partial charge in [0.2, 0.25) is 0 Å². The second-order valence-corrected chi connectivity index (χ2v) is 5.18. The summed E-state index contributed by atoms with van der Waals surface area (Å²) >= 11 is 0. The van der Waals surface area contributed by atoms with Gasteiger partial charge in [0, 0.05) is 18.8 Å². The van der Waals surface area contributed by atoms with Crippen LogP contribution in [-0.2, 0) is 12.7 Å². The van der Waals surface area contributed by atoms with Crippen LogP contribution in [0.2, 0.25) is 0 Å². The summed E-state index contributed by atoms with van der Waals surface area (Å²) in [5.74, 6) is -0.0690. The van der Waals surface area contributed by atoms with Crippen molar-refractivity contribution < 1.29 is 13.2 Å². The van der Waals surface area contributed by atoms with Crippen molar-refractivity contribution in [2.45, 2.75) is 26.1 Å². The van der Waals surface area contributed by atoms with Crippen molar-refractivity contribution in [3.63, 3.8) is 0 Å². The lowest BCUT2D eigenvalue weighted by molar-refractivity contribution is -0.141. The molecule has 0 atom stereocenters. The molecular formula is C17H17F3N4. The Bertz CT molecular complexity index is 718. The van der Waals surface area contributed by atoms with Gasteiger partial charge in [-0.25, -0.2) is 4.98 Å². The molecule has 1 aromatic carbocycles. The zero-order valence-corrected chi connectivity index (χ0v) is 13.1. The Morgan fingerprint density at radius 2 is 1.79 bits per heavy atom. The molecular weight excluding hydrogens is 317 g/mol. The number of aromatic nitrogens is 1. The van der Waals surface area contributed by atoms with E-state index in [1.54, 1.807) is 0 Å². The molecule has 1 heterocycles. The summed E-state index contributed by atoms with van der Waals surface area (Å²) in [7, 11) is 0. The van der Waals surface area contributed by atoms with E-state index in [1.165, 1.54) is 0 Å². The Morgan fingerprint density at radius 3 is 2.38 bits per heavy atom. The van der Waals surface area contributed by atoms with E-state index in [2.05, 4.69) is 22.5 Å². The second kappa shape index (κ2) is 7.68. The van der Waals surface area contributed by atoms with Gasteiger partial charge in [0.05, 0.1) is 5.56 Å². The van der Waals surface area contributed by atoms with E-state index in [9.17, 15) is 13.2 Å². The standard InChI is InChI=1S/C17H17F3N4/c1-2-9-22-14-6-3-12(4-7-14)11-23-16-13(10-21)5-8-15(24-16)17(18,19)20/h3-8,22H,2,9,11H2,1H3,(H,23,24). The van der Waals surface area contributed by atoms with Crippen molar-refractivity contribution in [3.8, 4) is 6.07 Å². The third kappa shape index (κ3) is 4.62. The Labute approximate surface area is 138 Å². The van der Waals surface area contributed by atoms with Crippen molar-refractivity contribution >= 4 is 11.5 Å². The molecule has 126 valence electrons. The molecule has 2 rings (SSSR count). The molecule has 7 heteroatoms. The highest BCUT2D eigenvalue weighted by atomic mass is 19.4. The number of alkyl halides is 3. The molecule has 0 saturated heterocycles. The van der Waals surface area contributed by atoms with Crippen LogP contribution in [0.4, 0.5) is 24.7 Å². The quantitative estimate of drug-likeness (QED) is 0.822. The van der Waals surface area contributed by atoms with Crippen LogP contribution >= 0.6 is 0 Å². The number of nitriles is 1. The summed E-state index contributed by atoms with van der Waals surface area (Å²) in [6.45, 7) is 3.22. The summed E-state index contributed by atoms with van der Waals surface area (Å²) < 4.78 is 38.2. The number of rotatable bonds is 6. The largest absolute Gasteiger partial charge is 0.433 e. The molecule has 0 saturated carbocycles. The number of nitrogens with one attached hydrogen (secondary N) is 2. The van der Waals surface area contributed by atoms with Crippen molar-refractivity contribution in [2.75, 3.05) is 17.2 Å². The van der Waals surface area contributed by atoms with Gasteiger partial charge in [-0.05, 0) is 36.2 Å². The van der Waals surface area contributed by atoms with Crippen LogP contribution in [0.3, 0.4) is 0 Å². The lowest BCUT2D eigenvalue weighted by atomic mass is 10.2. The van der Waals surface area contributed by atoms with E-state index in [0.717, 1.165) is 36.3 Å². The Balaban J connectivity index is 2.09. The minimum Gasteiger partial charge on any atom is -0.385 e. The maximum absolute atomic E-state index is 12.7. The fraction of sp³-hybridized carbons (Fsp3) is 0.294. The van der Waals surface area contributed by atoms with E-state index in [-0.39, 0.29) is 17.9 Å². The molecule has 0 fully saturated rings. The second-order valence-electron chi connectivity index (χ2n) is 5.18. The summed E-state index contributed by atoms with van der Waals surface area (Å²) in [6, 6.07) is 11.3. The van der Waals surface area contributed by atoms with Crippen molar-refractivity contribution in [3.05, 3.63) is 53.2 Å². The minimum absolute atomic E-state index is 0.0690. The monoisotopic (exact) mass is 334 g/mol. The topological polar surface area (TPSA) is 60.7 Å². The van der Waals surface area contributed by atoms with Gasteiger partial charge in [-0.15, -0.1) is 0 Å². The Hall–Kier alpha value is -2.75. The van der Waals surface area contributed by atoms with Gasteiger partial charge < -0.3 is 10.6 Å². The zero-order chi connectivity index (χ0) is 17.6. The number of halogens is 3. The number of hydrogen-bond donors (Lipinski definition) is 2. The molecule has 4 nitrogen and oxygen atoms in total. The first kappa shape index (κ1) is 17.6. The molecule has 0 aliphatic carbocycles. The van der Waals surface area contributed by atoms with Gasteiger partial charge in [-0.3, -0.25) is 0 Å². The zero-order valence-electron chi connectivity index (χ0n) is 13.1. The highest BCUT2D eigenvalue weighted by molar-refractivity contribution is 5.53. The van der Waals surface area contributed by atoms with Crippen molar-refractivity contribution in [1.82, 2.24) is 4.98 Å². The first-order valence-corrected chi connectivity index (χ1v) is 7.49. The predicted octanol–water partition coefficient (Wildman–Crippen LogP) is 4.41. The normalized spacial score (nSPS) is 11.0. The number of pyridine rings is 1. The van der Waals surface area contributed by atoms with E-state index in [4.69, 9.17) is 5.26 Å². The summed E-state index contributed by atoms with van der Waals surface area (Å²) in [5.41, 5.74) is 0.906. The van der Waals surface area contributed by atoms with Crippen molar-refractivity contribution in [2.24, 2.45) is 0 Å². The number of nitrogens with zero attached hydrogens (tertiary/aromatic N) is 2. The molecule has 0 aliphatic heterocycles. The van der Waals surface area contributed by atoms with Gasteiger partial charge in [-0.2, -0.15) is 18.4 Å². The van der Waals surface area contributed by atoms with Gasteiger partial charge >= 0.3 is 6.18 Å². The summed E-state index contributed by atoms with van der Waals surface area (Å²) in [4.78, 5) is 3.52. The van der Waals surface area contributed by atoms with Crippen LogP contribution in [0.15, 0.2) is 36.4 Å². The molecule has 2 N–H and O–H groups in total. The highest BCUT2D eigenvalue weighted by Gasteiger charge is 2.33. The van der Waals surface area contributed by atoms with E-state index >= 15 is 0 Å². The first-order chi connectivity index (χ1) is 11.4. The molecule has 0 bridgehead atoms. The van der Waals surface area contributed by atoms with E-state index in [1.807, 2.05) is 30.3 Å². The highest BCUT2D eigenvalue weighted by Crippen LogP contribution is 2.29. The third-order valence-electron chi connectivity index (χ3n) is 3.30. The molecule has 2 aromatic rings. The lowest BCUT2D eigenvalue weighted by Gasteiger charge is -2.11. The van der Waals surface area contributed by atoms with Crippen LogP contribution in [0.1, 0.15) is 30.2 Å². The molecule has 0 unspecified atom stereocenters. The fourth-order valence-electron chi connectivity index (χ4n) is 2.04. The molecule has 0 aliphatic rings. The summed E-state index contributed by atoms with van der Waals surface area (Å²) in [5, 5.41) is 15.0. The average Bonchev–Trinajstić information content (AvgIpc) is 2.58. The van der Waals surface area contributed by atoms with Crippen LogP contribution < -0.4 is 10.6 Å². The molecule has 24 heavy (non-hydrogen) atoms. The van der Waals surface area contributed by atoms with Crippen LogP contribution in [-0.4, -0.2) is 11.5 Å². The van der Waals surface area contributed by atoms with Crippen LogP contribution in [0, 0.1) is 11.3 Å². The Kier molecular flexibility index (Phi) is 5.64. The Morgan fingerprint density at radius 1 is 1.08 bits per heavy atom. The average molecular weight is 334 g/mol. The van der Waals surface area contributed by atoms with Crippen LogP contribution in [0.25, 0.3) is 0 Å². The molecule has 1 aromatic heterocycles. The lowest BCUT2D eigenvalue weighted by Crippen LogP contribution is -2.11. The number of hydrogen-bond acceptors (Lipinski definition) is 4. The summed E-state index contributed by atoms with van der Waals surface area (Å²) in [6.07, 6.45) is -3.53. The van der Waals surface area contributed by atoms with Gasteiger partial charge in [0.15, 0.2) is 0 Å². The molecule has 0 spiro atoms. The minimum atomic E-state index is -4.54.